The highest BCUT2D eigenvalue weighted by atomic mass is 32.2. The summed E-state index contributed by atoms with van der Waals surface area (Å²) >= 11 is 0. The van der Waals surface area contributed by atoms with Crippen molar-refractivity contribution in [3.63, 3.8) is 0 Å². The summed E-state index contributed by atoms with van der Waals surface area (Å²) < 4.78 is 40.6. The quantitative estimate of drug-likeness (QED) is 0.548. The molecule has 8 heteroatoms. The van der Waals surface area contributed by atoms with E-state index in [-0.39, 0.29) is 16.1 Å². The van der Waals surface area contributed by atoms with E-state index in [0.29, 0.717) is 5.56 Å². The number of aryl methyl sites for hydroxylation is 1. The normalized spacial score (nSPS) is 11.6. The molecule has 4 aromatic rings. The van der Waals surface area contributed by atoms with Gasteiger partial charge in [0.15, 0.2) is 0 Å². The van der Waals surface area contributed by atoms with Gasteiger partial charge in [-0.15, -0.1) is 0 Å². The number of rotatable bonds is 4. The fraction of sp³-hybridized carbons (Fsp3) is 0.0500. The Kier molecular flexibility index (Phi) is 4.27. The number of carbonyl (C=O) groups is 1. The molecule has 28 heavy (non-hydrogen) atoms. The predicted molar refractivity (Wildman–Crippen MR) is 104 cm³/mol. The number of halogens is 1. The van der Waals surface area contributed by atoms with Gasteiger partial charge in [-0.3, -0.25) is 4.79 Å². The molecule has 4 rings (SSSR count). The van der Waals surface area contributed by atoms with Crippen LogP contribution < -0.4 is 5.32 Å². The molecule has 0 atom stereocenters. The summed E-state index contributed by atoms with van der Waals surface area (Å²) in [5.41, 5.74) is 1.57. The van der Waals surface area contributed by atoms with Crippen molar-refractivity contribution in [2.24, 2.45) is 0 Å². The van der Waals surface area contributed by atoms with Gasteiger partial charge in [0, 0.05) is 29.5 Å². The summed E-state index contributed by atoms with van der Waals surface area (Å²) in [6.45, 7) is 1.67. The third-order valence-corrected chi connectivity index (χ3v) is 6.12. The number of anilines is 1. The van der Waals surface area contributed by atoms with Crippen LogP contribution in [0.25, 0.3) is 10.9 Å². The fourth-order valence-electron chi connectivity index (χ4n) is 2.95. The SMILES string of the molecule is Cc1cccc(F)c1NC(=O)c1ccn(S(=O)(=O)c2ccc3[nH]ccc3c2)c1. The van der Waals surface area contributed by atoms with E-state index >= 15 is 0 Å². The van der Waals surface area contributed by atoms with Crippen LogP contribution in [0.4, 0.5) is 10.1 Å². The van der Waals surface area contributed by atoms with Gasteiger partial charge in [-0.05, 0) is 48.9 Å². The molecule has 0 saturated heterocycles. The first-order valence-electron chi connectivity index (χ1n) is 8.43. The zero-order valence-electron chi connectivity index (χ0n) is 14.8. The zero-order valence-corrected chi connectivity index (χ0v) is 15.6. The van der Waals surface area contributed by atoms with Gasteiger partial charge in [0.25, 0.3) is 15.9 Å². The number of amides is 1. The molecule has 2 aromatic heterocycles. The van der Waals surface area contributed by atoms with Crippen LogP contribution in [0.3, 0.4) is 0 Å². The lowest BCUT2D eigenvalue weighted by Gasteiger charge is -2.08. The third-order valence-electron chi connectivity index (χ3n) is 4.49. The van der Waals surface area contributed by atoms with Gasteiger partial charge in [0.05, 0.1) is 16.1 Å². The van der Waals surface area contributed by atoms with Crippen LogP contribution in [0.15, 0.2) is 72.0 Å². The molecule has 0 fully saturated rings. The maximum atomic E-state index is 13.9. The molecule has 0 radical (unpaired) electrons. The first-order valence-corrected chi connectivity index (χ1v) is 9.87. The van der Waals surface area contributed by atoms with Gasteiger partial charge >= 0.3 is 0 Å². The van der Waals surface area contributed by atoms with Gasteiger partial charge in [-0.1, -0.05) is 12.1 Å². The lowest BCUT2D eigenvalue weighted by Crippen LogP contribution is -2.14. The summed E-state index contributed by atoms with van der Waals surface area (Å²) in [6, 6.07) is 12.4. The Morgan fingerprint density at radius 3 is 2.75 bits per heavy atom. The molecule has 2 heterocycles. The number of hydrogen-bond acceptors (Lipinski definition) is 3. The molecular formula is C20H16FN3O3S. The van der Waals surface area contributed by atoms with Gasteiger partial charge in [-0.2, -0.15) is 0 Å². The van der Waals surface area contributed by atoms with Crippen molar-refractivity contribution < 1.29 is 17.6 Å². The Morgan fingerprint density at radius 2 is 1.96 bits per heavy atom. The van der Waals surface area contributed by atoms with E-state index < -0.39 is 21.7 Å². The van der Waals surface area contributed by atoms with Crippen molar-refractivity contribution >= 4 is 32.5 Å². The molecule has 2 N–H and O–H groups in total. The number of para-hydroxylation sites is 1. The average Bonchev–Trinajstić information content (AvgIpc) is 3.33. The molecule has 2 aromatic carbocycles. The predicted octanol–water partition coefficient (Wildman–Crippen LogP) is 3.91. The number of fused-ring (bicyclic) bond motifs is 1. The average molecular weight is 397 g/mol. The third kappa shape index (κ3) is 3.07. The minimum Gasteiger partial charge on any atom is -0.361 e. The highest BCUT2D eigenvalue weighted by molar-refractivity contribution is 7.90. The molecule has 0 aliphatic rings. The van der Waals surface area contributed by atoms with E-state index in [9.17, 15) is 17.6 Å². The van der Waals surface area contributed by atoms with E-state index in [1.807, 2.05) is 0 Å². The van der Waals surface area contributed by atoms with E-state index in [2.05, 4.69) is 10.3 Å². The largest absolute Gasteiger partial charge is 0.361 e. The molecule has 0 aliphatic carbocycles. The Balaban J connectivity index is 1.63. The standard InChI is InChI=1S/C20H16FN3O3S/c1-13-3-2-4-17(21)19(13)23-20(25)15-8-10-24(12-15)28(26,27)16-5-6-18-14(11-16)7-9-22-18/h2-12,22H,1H3,(H,23,25). The number of carbonyl (C=O) groups excluding carboxylic acids is 1. The number of hydrogen-bond donors (Lipinski definition) is 2. The second-order valence-electron chi connectivity index (χ2n) is 6.35. The van der Waals surface area contributed by atoms with Crippen LogP contribution in [-0.4, -0.2) is 23.3 Å². The lowest BCUT2D eigenvalue weighted by atomic mass is 10.2. The van der Waals surface area contributed by atoms with E-state index in [1.165, 1.54) is 30.6 Å². The van der Waals surface area contributed by atoms with Gasteiger partial charge < -0.3 is 10.3 Å². The molecule has 0 spiro atoms. The number of H-pyrrole nitrogens is 1. The second kappa shape index (κ2) is 6.65. The highest BCUT2D eigenvalue weighted by Gasteiger charge is 2.20. The van der Waals surface area contributed by atoms with Crippen LogP contribution in [-0.2, 0) is 10.0 Å². The molecular weight excluding hydrogens is 381 g/mol. The van der Waals surface area contributed by atoms with E-state index in [4.69, 9.17) is 0 Å². The van der Waals surface area contributed by atoms with Gasteiger partial charge in [-0.25, -0.2) is 16.8 Å². The molecule has 0 saturated carbocycles. The van der Waals surface area contributed by atoms with Gasteiger partial charge in [0.1, 0.15) is 5.82 Å². The number of benzene rings is 2. The molecule has 0 unspecified atom stereocenters. The number of nitrogens with zero attached hydrogens (tertiary/aromatic N) is 1. The number of aromatic nitrogens is 2. The second-order valence-corrected chi connectivity index (χ2v) is 8.19. The monoisotopic (exact) mass is 397 g/mol. The summed E-state index contributed by atoms with van der Waals surface area (Å²) in [5, 5.41) is 3.26. The smallest absolute Gasteiger partial charge is 0.267 e. The van der Waals surface area contributed by atoms with Crippen LogP contribution in [0.2, 0.25) is 0 Å². The lowest BCUT2D eigenvalue weighted by molar-refractivity contribution is 0.102. The molecule has 142 valence electrons. The maximum Gasteiger partial charge on any atom is 0.267 e. The molecule has 6 nitrogen and oxygen atoms in total. The highest BCUT2D eigenvalue weighted by Crippen LogP contribution is 2.22. The van der Waals surface area contributed by atoms with Crippen molar-refractivity contribution in [2.75, 3.05) is 5.32 Å². The van der Waals surface area contributed by atoms with Crippen LogP contribution in [0.5, 0.6) is 0 Å². The molecule has 0 bridgehead atoms. The maximum absolute atomic E-state index is 13.9. The molecule has 0 aliphatic heterocycles. The van der Waals surface area contributed by atoms with E-state index in [0.717, 1.165) is 14.9 Å². The zero-order chi connectivity index (χ0) is 19.9. The van der Waals surface area contributed by atoms with Crippen molar-refractivity contribution in [1.29, 1.82) is 0 Å². The topological polar surface area (TPSA) is 84.0 Å². The first kappa shape index (κ1) is 18.0. The molecule has 1 amide bonds. The van der Waals surface area contributed by atoms with Crippen molar-refractivity contribution in [2.45, 2.75) is 11.8 Å². The summed E-state index contributed by atoms with van der Waals surface area (Å²) in [4.78, 5) is 15.6. The van der Waals surface area contributed by atoms with Crippen molar-refractivity contribution in [3.8, 4) is 0 Å². The Labute approximate surface area is 160 Å². The summed E-state index contributed by atoms with van der Waals surface area (Å²) in [7, 11) is -3.86. The van der Waals surface area contributed by atoms with Crippen LogP contribution in [0.1, 0.15) is 15.9 Å². The van der Waals surface area contributed by atoms with E-state index in [1.54, 1.807) is 43.5 Å². The van der Waals surface area contributed by atoms with Gasteiger partial charge in [0.2, 0.25) is 0 Å². The minimum absolute atomic E-state index is 0.0704. The van der Waals surface area contributed by atoms with Crippen LogP contribution >= 0.6 is 0 Å². The van der Waals surface area contributed by atoms with Crippen molar-refractivity contribution in [3.05, 3.63) is 84.1 Å². The Morgan fingerprint density at radius 1 is 1.14 bits per heavy atom. The number of aromatic amines is 1. The Hall–Kier alpha value is -3.39. The Bertz CT molecular complexity index is 1280. The minimum atomic E-state index is -3.86. The van der Waals surface area contributed by atoms with Crippen molar-refractivity contribution in [1.82, 2.24) is 8.96 Å². The first-order chi connectivity index (χ1) is 13.4. The number of nitrogens with one attached hydrogen (secondary N) is 2. The van der Waals surface area contributed by atoms with Crippen LogP contribution in [0, 0.1) is 12.7 Å². The summed E-state index contributed by atoms with van der Waals surface area (Å²) in [5.74, 6) is -1.15. The fourth-order valence-corrected chi connectivity index (χ4v) is 4.18. The summed E-state index contributed by atoms with van der Waals surface area (Å²) in [6.07, 6.45) is 4.23.